The summed E-state index contributed by atoms with van der Waals surface area (Å²) in [5.74, 6) is -0.480. The van der Waals surface area contributed by atoms with E-state index < -0.39 is 19.2 Å². The van der Waals surface area contributed by atoms with Gasteiger partial charge in [-0.1, -0.05) is 80.6 Å². The van der Waals surface area contributed by atoms with Gasteiger partial charge in [-0.3, -0.25) is 4.57 Å². The number of carbonyl (C=O) groups is 1. The van der Waals surface area contributed by atoms with Crippen molar-refractivity contribution in [3.05, 3.63) is 83.4 Å². The van der Waals surface area contributed by atoms with Crippen LogP contribution in [-0.2, 0) is 18.3 Å². The molecule has 1 fully saturated rings. The van der Waals surface area contributed by atoms with Crippen LogP contribution in [0.1, 0.15) is 41.0 Å². The Kier molecular flexibility index (Phi) is 5.54. The van der Waals surface area contributed by atoms with Gasteiger partial charge in [-0.2, -0.15) is 0 Å². The Hall–Kier alpha value is -2.46. The Morgan fingerprint density at radius 2 is 1.60 bits per heavy atom. The molecular weight excluding hydrogens is 399 g/mol. The lowest BCUT2D eigenvalue weighted by molar-refractivity contribution is 0.0391. The topological polar surface area (TPSA) is 61.8 Å². The Morgan fingerprint density at radius 3 is 2.27 bits per heavy atom. The summed E-state index contributed by atoms with van der Waals surface area (Å²) in [4.78, 5) is 12.9. The summed E-state index contributed by atoms with van der Waals surface area (Å²) in [6.07, 6.45) is 0. The van der Waals surface area contributed by atoms with Gasteiger partial charge >= 0.3 is 13.6 Å². The first-order valence-corrected chi connectivity index (χ1v) is 11.5. The van der Waals surface area contributed by atoms with E-state index >= 15 is 0 Å². The molecular formula is C24H25O5P. The predicted octanol–water partition coefficient (Wildman–Crippen LogP) is 5.98. The molecule has 1 aliphatic heterocycles. The van der Waals surface area contributed by atoms with Gasteiger partial charge in [-0.05, 0) is 21.9 Å². The summed E-state index contributed by atoms with van der Waals surface area (Å²) in [7, 11) is -2.26. The van der Waals surface area contributed by atoms with Crippen LogP contribution in [0, 0.1) is 5.41 Å². The minimum Gasteiger partial charge on any atom is -0.465 e. The lowest BCUT2D eigenvalue weighted by atomic mass is 9.94. The van der Waals surface area contributed by atoms with Crippen LogP contribution < -0.4 is 0 Å². The van der Waals surface area contributed by atoms with Gasteiger partial charge in [0, 0.05) is 5.41 Å². The number of fused-ring (bicyclic) bond motifs is 1. The van der Waals surface area contributed by atoms with Crippen molar-refractivity contribution in [1.82, 2.24) is 0 Å². The molecule has 1 aliphatic rings. The molecule has 1 saturated heterocycles. The van der Waals surface area contributed by atoms with E-state index in [1.54, 1.807) is 0 Å². The summed E-state index contributed by atoms with van der Waals surface area (Å²) in [5.41, 5.74) is 0.755. The molecule has 3 aromatic rings. The van der Waals surface area contributed by atoms with Crippen molar-refractivity contribution in [2.45, 2.75) is 19.5 Å². The number of carbonyl (C=O) groups excluding carboxylic acids is 1. The number of ether oxygens (including phenoxy) is 1. The summed E-state index contributed by atoms with van der Waals surface area (Å²) >= 11 is 0. The van der Waals surface area contributed by atoms with Crippen molar-refractivity contribution in [3.63, 3.8) is 0 Å². The van der Waals surface area contributed by atoms with Gasteiger partial charge in [0.05, 0.1) is 25.9 Å². The maximum absolute atomic E-state index is 14.0. The summed E-state index contributed by atoms with van der Waals surface area (Å²) in [5, 5.41) is 1.64. The Morgan fingerprint density at radius 1 is 0.967 bits per heavy atom. The molecule has 0 N–H and O–H groups in total. The molecule has 0 aromatic heterocycles. The molecule has 0 amide bonds. The second-order valence-electron chi connectivity index (χ2n) is 8.31. The summed E-state index contributed by atoms with van der Waals surface area (Å²) in [6.45, 7) is 4.64. The predicted molar refractivity (Wildman–Crippen MR) is 117 cm³/mol. The van der Waals surface area contributed by atoms with Gasteiger partial charge < -0.3 is 13.8 Å². The van der Waals surface area contributed by atoms with E-state index in [9.17, 15) is 9.36 Å². The molecule has 3 aromatic carbocycles. The Bertz CT molecular complexity index is 1110. The van der Waals surface area contributed by atoms with Crippen molar-refractivity contribution in [2.75, 3.05) is 20.3 Å². The third-order valence-corrected chi connectivity index (χ3v) is 7.53. The van der Waals surface area contributed by atoms with Crippen LogP contribution >= 0.6 is 7.60 Å². The fourth-order valence-corrected chi connectivity index (χ4v) is 6.30. The van der Waals surface area contributed by atoms with Crippen LogP contribution in [0.3, 0.4) is 0 Å². The van der Waals surface area contributed by atoms with Crippen molar-refractivity contribution in [1.29, 1.82) is 0 Å². The van der Waals surface area contributed by atoms with Gasteiger partial charge in [-0.25, -0.2) is 4.79 Å². The highest BCUT2D eigenvalue weighted by molar-refractivity contribution is 7.54. The first-order chi connectivity index (χ1) is 14.3. The molecule has 30 heavy (non-hydrogen) atoms. The van der Waals surface area contributed by atoms with E-state index in [1.807, 2.05) is 80.6 Å². The molecule has 5 nitrogen and oxygen atoms in total. The minimum atomic E-state index is -3.61. The molecule has 0 radical (unpaired) electrons. The van der Waals surface area contributed by atoms with E-state index in [-0.39, 0.29) is 5.41 Å². The molecule has 156 valence electrons. The first-order valence-electron chi connectivity index (χ1n) is 9.88. The quantitative estimate of drug-likeness (QED) is 0.381. The highest BCUT2D eigenvalue weighted by Gasteiger charge is 2.46. The van der Waals surface area contributed by atoms with Crippen LogP contribution in [-0.4, -0.2) is 26.3 Å². The third-order valence-electron chi connectivity index (χ3n) is 5.35. The number of hydrogen-bond acceptors (Lipinski definition) is 5. The SMILES string of the molecule is COC(=O)c1c([C@@H](c2ccccc2)P2(=O)OCC(C)(C)CO2)ccc2ccccc12. The number of benzene rings is 3. The molecule has 0 spiro atoms. The van der Waals surface area contributed by atoms with Gasteiger partial charge in [0.15, 0.2) is 0 Å². The van der Waals surface area contributed by atoms with Gasteiger partial charge in [0.1, 0.15) is 5.66 Å². The van der Waals surface area contributed by atoms with Crippen molar-refractivity contribution in [3.8, 4) is 0 Å². The zero-order chi connectivity index (χ0) is 21.4. The molecule has 0 aliphatic carbocycles. The highest BCUT2D eigenvalue weighted by Crippen LogP contribution is 2.67. The first kappa shape index (κ1) is 20.8. The highest BCUT2D eigenvalue weighted by atomic mass is 31.2. The average molecular weight is 424 g/mol. The van der Waals surface area contributed by atoms with Gasteiger partial charge in [0.25, 0.3) is 0 Å². The zero-order valence-electron chi connectivity index (χ0n) is 17.3. The molecule has 4 rings (SSSR count). The molecule has 0 unspecified atom stereocenters. The van der Waals surface area contributed by atoms with Crippen LogP contribution in [0.2, 0.25) is 0 Å². The second-order valence-corrected chi connectivity index (χ2v) is 10.4. The van der Waals surface area contributed by atoms with Crippen LogP contribution in [0.5, 0.6) is 0 Å². The fourth-order valence-electron chi connectivity index (χ4n) is 3.77. The number of hydrogen-bond donors (Lipinski definition) is 0. The third kappa shape index (κ3) is 3.81. The lowest BCUT2D eigenvalue weighted by Gasteiger charge is -2.38. The van der Waals surface area contributed by atoms with Crippen LogP contribution in [0.4, 0.5) is 0 Å². The van der Waals surface area contributed by atoms with Crippen LogP contribution in [0.25, 0.3) is 10.8 Å². The molecule has 6 heteroatoms. The normalized spacial score (nSPS) is 18.6. The summed E-state index contributed by atoms with van der Waals surface area (Å²) in [6, 6.07) is 20.7. The molecule has 0 saturated carbocycles. The summed E-state index contributed by atoms with van der Waals surface area (Å²) < 4.78 is 31.0. The van der Waals surface area contributed by atoms with E-state index in [2.05, 4.69) is 0 Å². The zero-order valence-corrected chi connectivity index (χ0v) is 18.2. The maximum Gasteiger partial charge on any atom is 0.342 e. The second kappa shape index (κ2) is 7.99. The molecule has 1 heterocycles. The van der Waals surface area contributed by atoms with E-state index in [0.717, 1.165) is 16.3 Å². The fraction of sp³-hybridized carbons (Fsp3) is 0.292. The molecule has 1 atom stereocenters. The Balaban J connectivity index is 1.96. The standard InChI is InChI=1S/C24H25O5P/c1-24(2)15-28-30(26,29-16-24)22(18-10-5-4-6-11-18)20-14-13-17-9-7-8-12-19(17)21(20)23(25)27-3/h4-14,22H,15-16H2,1-3H3/t22-/m1/s1. The van der Waals surface area contributed by atoms with Crippen molar-refractivity contribution < 1.29 is 23.1 Å². The van der Waals surface area contributed by atoms with Crippen molar-refractivity contribution >= 4 is 24.3 Å². The average Bonchev–Trinajstić information content (AvgIpc) is 2.76. The number of rotatable bonds is 4. The van der Waals surface area contributed by atoms with Crippen LogP contribution in [0.15, 0.2) is 66.7 Å². The lowest BCUT2D eigenvalue weighted by Crippen LogP contribution is -2.31. The van der Waals surface area contributed by atoms with Gasteiger partial charge in [0.2, 0.25) is 0 Å². The van der Waals surface area contributed by atoms with E-state index in [1.165, 1.54) is 7.11 Å². The Labute approximate surface area is 176 Å². The van der Waals surface area contributed by atoms with Gasteiger partial charge in [-0.15, -0.1) is 0 Å². The maximum atomic E-state index is 14.0. The van der Waals surface area contributed by atoms with E-state index in [0.29, 0.717) is 24.3 Å². The largest absolute Gasteiger partial charge is 0.465 e. The number of methoxy groups -OCH3 is 1. The monoisotopic (exact) mass is 424 g/mol. The smallest absolute Gasteiger partial charge is 0.342 e. The minimum absolute atomic E-state index is 0.232. The van der Waals surface area contributed by atoms with Crippen molar-refractivity contribution in [2.24, 2.45) is 5.41 Å². The van der Waals surface area contributed by atoms with E-state index in [4.69, 9.17) is 13.8 Å². The molecule has 0 bridgehead atoms. The number of esters is 1.